The smallest absolute Gasteiger partial charge is 0.378 e. The van der Waals surface area contributed by atoms with Crippen LogP contribution in [0.4, 0.5) is 5.95 Å². The van der Waals surface area contributed by atoms with Crippen LogP contribution in [0.3, 0.4) is 0 Å². The van der Waals surface area contributed by atoms with Gasteiger partial charge in [0, 0.05) is 0 Å². The van der Waals surface area contributed by atoms with Crippen molar-refractivity contribution in [2.24, 2.45) is 0 Å². The molecule has 6 heteroatoms. The minimum atomic E-state index is -0.333. The number of imidazole rings is 1. The summed E-state index contributed by atoms with van der Waals surface area (Å²) in [6.07, 6.45) is 0. The summed E-state index contributed by atoms with van der Waals surface area (Å²) in [7, 11) is 0. The molecule has 0 unspecified atom stereocenters. The van der Waals surface area contributed by atoms with Gasteiger partial charge in [0.2, 0.25) is 0 Å². The van der Waals surface area contributed by atoms with Gasteiger partial charge in [0.15, 0.2) is 12.1 Å². The number of para-hydroxylation sites is 2. The number of rotatable bonds is 3. The first-order valence-corrected chi connectivity index (χ1v) is 5.34. The third-order valence-corrected chi connectivity index (χ3v) is 2.55. The predicted octanol–water partition coefficient (Wildman–Crippen LogP) is -0.212. The number of ether oxygens (including phenoxy) is 1. The van der Waals surface area contributed by atoms with Crippen molar-refractivity contribution in [3.63, 3.8) is 0 Å². The van der Waals surface area contributed by atoms with E-state index < -0.39 is 0 Å². The molecular weight excluding hydrogens is 220 g/mol. The van der Waals surface area contributed by atoms with Crippen LogP contribution in [0.25, 0.3) is 11.0 Å². The third kappa shape index (κ3) is 1.89. The fourth-order valence-electron chi connectivity index (χ4n) is 1.77. The van der Waals surface area contributed by atoms with E-state index in [9.17, 15) is 4.79 Å². The highest BCUT2D eigenvalue weighted by Crippen LogP contribution is 2.12. The maximum absolute atomic E-state index is 11.5. The number of anilines is 1. The van der Waals surface area contributed by atoms with Crippen LogP contribution >= 0.6 is 0 Å². The number of nitrogens with two attached hydrogens (primary N) is 2. The van der Waals surface area contributed by atoms with Crippen LogP contribution in [0.5, 0.6) is 0 Å². The molecule has 1 aromatic carbocycles. The van der Waals surface area contributed by atoms with E-state index in [1.165, 1.54) is 4.68 Å². The Morgan fingerprint density at radius 2 is 2.18 bits per heavy atom. The molecule has 6 nitrogen and oxygen atoms in total. The van der Waals surface area contributed by atoms with E-state index in [1.54, 1.807) is 11.5 Å². The Morgan fingerprint density at radius 3 is 2.88 bits per heavy atom. The Labute approximate surface area is 98.3 Å². The Hall–Kier alpha value is -2.24. The summed E-state index contributed by atoms with van der Waals surface area (Å²) >= 11 is 0. The van der Waals surface area contributed by atoms with E-state index in [0.29, 0.717) is 12.6 Å². The summed E-state index contributed by atoms with van der Waals surface area (Å²) in [6, 6.07) is 7.42. The second-order valence-electron chi connectivity index (χ2n) is 3.61. The van der Waals surface area contributed by atoms with Crippen LogP contribution in [0.1, 0.15) is 6.92 Å². The number of carbonyl (C=O) groups is 1. The van der Waals surface area contributed by atoms with Gasteiger partial charge in [-0.2, -0.15) is 0 Å². The van der Waals surface area contributed by atoms with E-state index in [0.717, 1.165) is 11.0 Å². The molecule has 0 saturated heterocycles. The number of hydrogen-bond acceptors (Lipinski definition) is 4. The number of fused-ring (bicyclic) bond motifs is 1. The summed E-state index contributed by atoms with van der Waals surface area (Å²) in [5.74, 6) is 5.79. The van der Waals surface area contributed by atoms with Gasteiger partial charge in [0.05, 0.1) is 6.61 Å². The maximum Gasteiger partial charge on any atom is 0.378 e. The Bertz CT molecular complexity index is 562. The number of carbonyl (C=O) groups excluding carboxylic acids is 1. The molecule has 0 saturated carbocycles. The molecule has 0 radical (unpaired) electrons. The number of nitrogens with zero attached hydrogens (tertiary/aromatic N) is 2. The van der Waals surface area contributed by atoms with Crippen molar-refractivity contribution in [2.75, 3.05) is 18.2 Å². The van der Waals surface area contributed by atoms with Crippen LogP contribution in [0, 0.1) is 0 Å². The zero-order valence-electron chi connectivity index (χ0n) is 9.59. The molecule has 0 atom stereocenters. The molecule has 0 amide bonds. The Kier molecular flexibility index (Phi) is 2.86. The summed E-state index contributed by atoms with van der Waals surface area (Å²) in [4.78, 5) is 11.5. The minimum absolute atomic E-state index is 0.0599. The van der Waals surface area contributed by atoms with E-state index in [2.05, 4.69) is 0 Å². The number of esters is 1. The average Bonchev–Trinajstić information content (AvgIpc) is 2.56. The molecule has 2 rings (SSSR count). The van der Waals surface area contributed by atoms with Gasteiger partial charge in [0.25, 0.3) is 0 Å². The summed E-state index contributed by atoms with van der Waals surface area (Å²) in [6.45, 7) is 2.17. The topological polar surface area (TPSA) is 87.2 Å². The van der Waals surface area contributed by atoms with Gasteiger partial charge in [-0.3, -0.25) is 11.6 Å². The number of benzene rings is 1. The van der Waals surface area contributed by atoms with Gasteiger partial charge in [-0.05, 0) is 19.1 Å². The van der Waals surface area contributed by atoms with Gasteiger partial charge in [0.1, 0.15) is 5.52 Å². The molecule has 0 aliphatic heterocycles. The highest BCUT2D eigenvalue weighted by molar-refractivity contribution is 5.75. The third-order valence-electron chi connectivity index (χ3n) is 2.55. The van der Waals surface area contributed by atoms with Crippen LogP contribution in [0.2, 0.25) is 0 Å². The zero-order valence-corrected chi connectivity index (χ0v) is 9.59. The molecule has 0 aliphatic carbocycles. The molecule has 4 N–H and O–H groups in total. The van der Waals surface area contributed by atoms with Gasteiger partial charge in [-0.15, -0.1) is 4.68 Å². The maximum atomic E-state index is 11.5. The lowest BCUT2D eigenvalue weighted by molar-refractivity contribution is -0.645. The molecule has 90 valence electrons. The lowest BCUT2D eigenvalue weighted by Gasteiger charge is -2.01. The first-order chi connectivity index (χ1) is 8.15. The Balaban J connectivity index is 2.46. The molecule has 17 heavy (non-hydrogen) atoms. The van der Waals surface area contributed by atoms with Crippen LogP contribution in [0.15, 0.2) is 24.3 Å². The zero-order chi connectivity index (χ0) is 12.4. The quantitative estimate of drug-likeness (QED) is 0.438. The lowest BCUT2D eigenvalue weighted by atomic mass is 10.3. The fraction of sp³-hybridized carbons (Fsp3) is 0.273. The number of hydrogen-bond donors (Lipinski definition) is 2. The molecule has 0 spiro atoms. The van der Waals surface area contributed by atoms with Gasteiger partial charge < -0.3 is 4.74 Å². The lowest BCUT2D eigenvalue weighted by Crippen LogP contribution is -2.41. The van der Waals surface area contributed by atoms with Crippen molar-refractivity contribution < 1.29 is 14.1 Å². The van der Waals surface area contributed by atoms with E-state index in [1.807, 2.05) is 24.3 Å². The predicted molar refractivity (Wildman–Crippen MR) is 63.3 cm³/mol. The summed E-state index contributed by atoms with van der Waals surface area (Å²) in [5, 5.41) is 0. The largest absolute Gasteiger partial charge is 0.464 e. The molecule has 0 aliphatic rings. The number of nitrogen functional groups attached to an aromatic ring is 2. The van der Waals surface area contributed by atoms with Crippen molar-refractivity contribution in [2.45, 2.75) is 13.5 Å². The minimum Gasteiger partial charge on any atom is -0.464 e. The van der Waals surface area contributed by atoms with E-state index >= 15 is 0 Å². The average molecular weight is 235 g/mol. The van der Waals surface area contributed by atoms with Gasteiger partial charge in [-0.1, -0.05) is 12.1 Å². The van der Waals surface area contributed by atoms with Crippen molar-refractivity contribution in [3.05, 3.63) is 24.3 Å². The molecule has 1 aromatic heterocycles. The van der Waals surface area contributed by atoms with Crippen molar-refractivity contribution in [1.82, 2.24) is 4.68 Å². The van der Waals surface area contributed by atoms with Gasteiger partial charge >= 0.3 is 11.9 Å². The first kappa shape index (κ1) is 11.3. The Morgan fingerprint density at radius 1 is 1.47 bits per heavy atom. The fourth-order valence-corrected chi connectivity index (χ4v) is 1.77. The monoisotopic (exact) mass is 235 g/mol. The van der Waals surface area contributed by atoms with Crippen molar-refractivity contribution >= 4 is 23.0 Å². The second kappa shape index (κ2) is 4.32. The molecule has 2 aromatic rings. The number of aromatic nitrogens is 2. The van der Waals surface area contributed by atoms with Crippen LogP contribution in [-0.2, 0) is 16.1 Å². The molecule has 1 heterocycles. The van der Waals surface area contributed by atoms with Crippen LogP contribution in [-0.4, -0.2) is 17.3 Å². The van der Waals surface area contributed by atoms with Crippen molar-refractivity contribution in [3.8, 4) is 0 Å². The van der Waals surface area contributed by atoms with E-state index in [4.69, 9.17) is 16.3 Å². The summed E-state index contributed by atoms with van der Waals surface area (Å²) < 4.78 is 7.88. The standard InChI is InChI=1S/C11H14N4O2/c1-2-17-10(16)7-14-8-5-3-4-6-9(8)15(13)11(14)12/h3-6,12H,2,7,13H2,1H3/p+1. The molecular formula is C11H15N4O2+. The highest BCUT2D eigenvalue weighted by Gasteiger charge is 2.21. The van der Waals surface area contributed by atoms with Gasteiger partial charge in [-0.25, -0.2) is 9.36 Å². The van der Waals surface area contributed by atoms with E-state index in [-0.39, 0.29) is 12.5 Å². The second-order valence-corrected chi connectivity index (χ2v) is 3.61. The molecule has 0 bridgehead atoms. The first-order valence-electron chi connectivity index (χ1n) is 5.34. The molecule has 0 fully saturated rings. The summed E-state index contributed by atoms with van der Waals surface area (Å²) in [5.41, 5.74) is 7.43. The highest BCUT2D eigenvalue weighted by atomic mass is 16.5. The normalized spacial score (nSPS) is 10.6. The van der Waals surface area contributed by atoms with Crippen LogP contribution < -0.4 is 16.1 Å². The van der Waals surface area contributed by atoms with Crippen molar-refractivity contribution in [1.29, 1.82) is 0 Å². The SMILES string of the molecule is CCOC(=O)C[n+]1c(N)n(N)c2ccccc21.